The van der Waals surface area contributed by atoms with Crippen LogP contribution in [0.1, 0.15) is 26.8 Å². The van der Waals surface area contributed by atoms with Crippen LogP contribution in [0.15, 0.2) is 29.6 Å². The second-order valence-corrected chi connectivity index (χ2v) is 6.93. The molecular weight excluding hydrogens is 339 g/mol. The molecule has 0 bridgehead atoms. The first-order valence-corrected chi connectivity index (χ1v) is 8.82. The molecule has 3 aromatic rings. The number of carbonyl (C=O) groups is 1. The zero-order chi connectivity index (χ0) is 18.0. The van der Waals surface area contributed by atoms with Gasteiger partial charge in [-0.15, -0.1) is 11.3 Å². The number of aryl methyl sites for hydroxylation is 3. The van der Waals surface area contributed by atoms with E-state index in [1.165, 1.54) is 6.07 Å². The van der Waals surface area contributed by atoms with E-state index >= 15 is 0 Å². The lowest BCUT2D eigenvalue weighted by molar-refractivity contribution is 0.0948. The van der Waals surface area contributed by atoms with Gasteiger partial charge in [0.05, 0.1) is 16.4 Å². The summed E-state index contributed by atoms with van der Waals surface area (Å²) in [4.78, 5) is 16.7. The van der Waals surface area contributed by atoms with Crippen LogP contribution in [-0.4, -0.2) is 27.2 Å². The second kappa shape index (κ2) is 7.14. The summed E-state index contributed by atoms with van der Waals surface area (Å²) in [5, 5.41) is 10.1. The van der Waals surface area contributed by atoms with Crippen LogP contribution in [0.3, 0.4) is 0 Å². The molecule has 0 aliphatic rings. The lowest BCUT2D eigenvalue weighted by Gasteiger charge is -2.03. The Bertz CT molecular complexity index is 916. The molecule has 7 heteroatoms. The largest absolute Gasteiger partial charge is 0.350 e. The number of nitrogens with one attached hydrogen (secondary N) is 1. The van der Waals surface area contributed by atoms with Gasteiger partial charge in [-0.2, -0.15) is 5.10 Å². The highest BCUT2D eigenvalue weighted by atomic mass is 32.1. The van der Waals surface area contributed by atoms with Crippen LogP contribution < -0.4 is 5.32 Å². The van der Waals surface area contributed by atoms with E-state index in [9.17, 15) is 9.18 Å². The summed E-state index contributed by atoms with van der Waals surface area (Å²) in [6, 6.07) is 6.58. The van der Waals surface area contributed by atoms with Crippen LogP contribution in [-0.2, 0) is 13.5 Å². The fraction of sp³-hybridized carbons (Fsp3) is 0.278. The minimum absolute atomic E-state index is 0.229. The van der Waals surface area contributed by atoms with Crippen molar-refractivity contribution in [2.75, 3.05) is 6.54 Å². The standard InChI is InChI=1S/C18H19FN4OS/c1-11-8-13(4-5-15(11)19)17-9-16(22-23(17)3)18(24)20-7-6-14-10-25-12(2)21-14/h4-5,8-10H,6-7H2,1-3H3,(H,20,24). The quantitative estimate of drug-likeness (QED) is 0.761. The van der Waals surface area contributed by atoms with Gasteiger partial charge < -0.3 is 5.32 Å². The van der Waals surface area contributed by atoms with Gasteiger partial charge in [0.1, 0.15) is 5.82 Å². The molecule has 2 aromatic heterocycles. The van der Waals surface area contributed by atoms with Gasteiger partial charge in [0, 0.05) is 31.0 Å². The molecule has 0 unspecified atom stereocenters. The van der Waals surface area contributed by atoms with Crippen molar-refractivity contribution in [1.82, 2.24) is 20.1 Å². The summed E-state index contributed by atoms with van der Waals surface area (Å²) >= 11 is 1.60. The predicted molar refractivity (Wildman–Crippen MR) is 96.2 cm³/mol. The Hall–Kier alpha value is -2.54. The maximum absolute atomic E-state index is 13.4. The molecule has 0 radical (unpaired) electrons. The average molecular weight is 358 g/mol. The van der Waals surface area contributed by atoms with Gasteiger partial charge in [0.2, 0.25) is 0 Å². The first-order valence-electron chi connectivity index (χ1n) is 7.94. The van der Waals surface area contributed by atoms with Gasteiger partial charge in [-0.05, 0) is 43.7 Å². The van der Waals surface area contributed by atoms with E-state index in [2.05, 4.69) is 15.4 Å². The number of hydrogen-bond acceptors (Lipinski definition) is 4. The number of carbonyl (C=O) groups excluding carboxylic acids is 1. The van der Waals surface area contributed by atoms with E-state index in [1.54, 1.807) is 48.2 Å². The van der Waals surface area contributed by atoms with Crippen LogP contribution in [0.5, 0.6) is 0 Å². The normalized spacial score (nSPS) is 10.9. The molecule has 0 saturated heterocycles. The fourth-order valence-electron chi connectivity index (χ4n) is 2.57. The first-order chi connectivity index (χ1) is 11.9. The minimum Gasteiger partial charge on any atom is -0.350 e. The van der Waals surface area contributed by atoms with Gasteiger partial charge in [0.25, 0.3) is 5.91 Å². The van der Waals surface area contributed by atoms with Crippen LogP contribution in [0.2, 0.25) is 0 Å². The van der Waals surface area contributed by atoms with Crippen molar-refractivity contribution in [1.29, 1.82) is 0 Å². The van der Waals surface area contributed by atoms with Crippen molar-refractivity contribution in [3.8, 4) is 11.3 Å². The number of rotatable bonds is 5. The average Bonchev–Trinajstić information content (AvgIpc) is 3.16. The van der Waals surface area contributed by atoms with E-state index in [-0.39, 0.29) is 11.7 Å². The summed E-state index contributed by atoms with van der Waals surface area (Å²) < 4.78 is 15.1. The molecule has 1 amide bonds. The maximum atomic E-state index is 13.4. The smallest absolute Gasteiger partial charge is 0.271 e. The van der Waals surface area contributed by atoms with Crippen LogP contribution in [0.4, 0.5) is 4.39 Å². The summed E-state index contributed by atoms with van der Waals surface area (Å²) in [6.07, 6.45) is 0.687. The molecule has 0 saturated carbocycles. The third-order valence-electron chi connectivity index (χ3n) is 3.90. The summed E-state index contributed by atoms with van der Waals surface area (Å²) in [6.45, 7) is 4.17. The molecular formula is C18H19FN4OS. The van der Waals surface area contributed by atoms with Gasteiger partial charge in [-0.1, -0.05) is 0 Å². The highest BCUT2D eigenvalue weighted by Crippen LogP contribution is 2.22. The van der Waals surface area contributed by atoms with E-state index in [4.69, 9.17) is 0 Å². The number of aromatic nitrogens is 3. The molecule has 1 N–H and O–H groups in total. The molecule has 130 valence electrons. The van der Waals surface area contributed by atoms with Gasteiger partial charge in [0.15, 0.2) is 5.69 Å². The fourth-order valence-corrected chi connectivity index (χ4v) is 3.22. The Morgan fingerprint density at radius 2 is 2.12 bits per heavy atom. The molecule has 0 aliphatic heterocycles. The molecule has 0 fully saturated rings. The molecule has 1 aromatic carbocycles. The number of halogens is 1. The lowest BCUT2D eigenvalue weighted by Crippen LogP contribution is -2.26. The van der Waals surface area contributed by atoms with Crippen molar-refractivity contribution in [2.24, 2.45) is 7.05 Å². The topological polar surface area (TPSA) is 59.8 Å². The number of amides is 1. The first kappa shape index (κ1) is 17.3. The zero-order valence-electron chi connectivity index (χ0n) is 14.3. The number of thiazole rings is 1. The number of nitrogens with zero attached hydrogens (tertiary/aromatic N) is 3. The van der Waals surface area contributed by atoms with Gasteiger partial charge in [-0.25, -0.2) is 9.37 Å². The van der Waals surface area contributed by atoms with Crippen LogP contribution in [0, 0.1) is 19.7 Å². The van der Waals surface area contributed by atoms with Crippen LogP contribution in [0.25, 0.3) is 11.3 Å². The highest BCUT2D eigenvalue weighted by Gasteiger charge is 2.14. The third kappa shape index (κ3) is 3.93. The summed E-state index contributed by atoms with van der Waals surface area (Å²) in [5.74, 6) is -0.478. The molecule has 0 aliphatic carbocycles. The van der Waals surface area contributed by atoms with E-state index < -0.39 is 0 Å². The molecule has 3 rings (SSSR count). The molecule has 5 nitrogen and oxygen atoms in total. The zero-order valence-corrected chi connectivity index (χ0v) is 15.2. The Balaban J connectivity index is 1.68. The number of benzene rings is 1. The Kier molecular flexibility index (Phi) is 4.94. The van der Waals surface area contributed by atoms with Gasteiger partial charge in [-0.3, -0.25) is 9.48 Å². The third-order valence-corrected chi connectivity index (χ3v) is 4.72. The number of hydrogen-bond donors (Lipinski definition) is 1. The monoisotopic (exact) mass is 358 g/mol. The summed E-state index contributed by atoms with van der Waals surface area (Å²) in [7, 11) is 1.77. The van der Waals surface area contributed by atoms with Crippen molar-refractivity contribution in [3.05, 3.63) is 57.4 Å². The van der Waals surface area contributed by atoms with Gasteiger partial charge >= 0.3 is 0 Å². The van der Waals surface area contributed by atoms with E-state index in [0.717, 1.165) is 22.0 Å². The Morgan fingerprint density at radius 3 is 2.80 bits per heavy atom. The minimum atomic E-state index is -0.249. The van der Waals surface area contributed by atoms with E-state index in [1.807, 2.05) is 12.3 Å². The highest BCUT2D eigenvalue weighted by molar-refractivity contribution is 7.09. The Morgan fingerprint density at radius 1 is 1.32 bits per heavy atom. The van der Waals surface area contributed by atoms with Crippen molar-refractivity contribution in [2.45, 2.75) is 20.3 Å². The van der Waals surface area contributed by atoms with Crippen molar-refractivity contribution >= 4 is 17.2 Å². The second-order valence-electron chi connectivity index (χ2n) is 5.87. The van der Waals surface area contributed by atoms with Crippen molar-refractivity contribution in [3.63, 3.8) is 0 Å². The van der Waals surface area contributed by atoms with Crippen LogP contribution >= 0.6 is 11.3 Å². The van der Waals surface area contributed by atoms with E-state index in [0.29, 0.717) is 24.2 Å². The Labute approximate surface area is 149 Å². The predicted octanol–water partition coefficient (Wildman–Crippen LogP) is 3.27. The molecule has 0 atom stereocenters. The lowest BCUT2D eigenvalue weighted by atomic mass is 10.1. The summed E-state index contributed by atoms with van der Waals surface area (Å²) in [5.41, 5.74) is 3.47. The molecule has 2 heterocycles. The molecule has 25 heavy (non-hydrogen) atoms. The van der Waals surface area contributed by atoms with Crippen molar-refractivity contribution < 1.29 is 9.18 Å². The maximum Gasteiger partial charge on any atom is 0.271 e. The SMILES string of the molecule is Cc1nc(CCNC(=O)c2cc(-c3ccc(F)c(C)c3)n(C)n2)cs1. The molecule has 0 spiro atoms.